The Bertz CT molecular complexity index is 787. The van der Waals surface area contributed by atoms with E-state index >= 15 is 0 Å². The highest BCUT2D eigenvalue weighted by molar-refractivity contribution is 5.83. The third-order valence-corrected chi connectivity index (χ3v) is 5.75. The van der Waals surface area contributed by atoms with Gasteiger partial charge in [0.1, 0.15) is 0 Å². The van der Waals surface area contributed by atoms with Gasteiger partial charge in [-0.15, -0.1) is 0 Å². The average molecular weight is 420 g/mol. The second kappa shape index (κ2) is 11.3. The maximum Gasteiger partial charge on any atom is 0.320 e. The molecule has 168 valence electrons. The number of nitrogen functional groups attached to an aromatic ring is 1. The monoisotopic (exact) mass is 419 g/mol. The lowest BCUT2D eigenvalue weighted by molar-refractivity contribution is 0.135. The van der Waals surface area contributed by atoms with Gasteiger partial charge in [-0.3, -0.25) is 4.57 Å². The molecule has 0 aromatic carbocycles. The average Bonchev–Trinajstić information content (AvgIpc) is 3.12. The van der Waals surface area contributed by atoms with Crippen molar-refractivity contribution in [3.63, 3.8) is 0 Å². The molecule has 1 aliphatic heterocycles. The maximum atomic E-state index is 6.11. The molecule has 30 heavy (non-hydrogen) atoms. The fourth-order valence-electron chi connectivity index (χ4n) is 3.82. The van der Waals surface area contributed by atoms with Crippen molar-refractivity contribution in [2.24, 2.45) is 0 Å². The van der Waals surface area contributed by atoms with Gasteiger partial charge in [-0.05, 0) is 32.4 Å². The number of aryl methyl sites for hydroxylation is 1. The van der Waals surface area contributed by atoms with Crippen molar-refractivity contribution < 1.29 is 9.47 Å². The van der Waals surface area contributed by atoms with Gasteiger partial charge in [0.2, 0.25) is 0 Å². The number of anilines is 1. The van der Waals surface area contributed by atoms with E-state index in [1.165, 1.54) is 39.1 Å². The number of piperazine rings is 1. The number of nitrogens with two attached hydrogens (primary N) is 1. The van der Waals surface area contributed by atoms with Crippen molar-refractivity contribution in [3.8, 4) is 12.0 Å². The van der Waals surface area contributed by atoms with Crippen LogP contribution in [0.3, 0.4) is 0 Å². The number of hydrogen-bond donors (Lipinski definition) is 1. The molecule has 9 heteroatoms. The molecule has 0 unspecified atom stereocenters. The summed E-state index contributed by atoms with van der Waals surface area (Å²) in [4.78, 5) is 18.4. The summed E-state index contributed by atoms with van der Waals surface area (Å²) in [7, 11) is 1.62. The van der Waals surface area contributed by atoms with Crippen LogP contribution < -0.4 is 15.2 Å². The molecule has 0 amide bonds. The zero-order valence-electron chi connectivity index (χ0n) is 18.8. The van der Waals surface area contributed by atoms with Crippen LogP contribution in [0.25, 0.3) is 11.2 Å². The second-order valence-electron chi connectivity index (χ2n) is 7.85. The van der Waals surface area contributed by atoms with Crippen LogP contribution in [0.2, 0.25) is 0 Å². The zero-order valence-corrected chi connectivity index (χ0v) is 18.8. The number of likely N-dealkylation sites (N-methyl/N-ethyl adjacent to an activating group) is 1. The Hall–Kier alpha value is -2.13. The first-order valence-electron chi connectivity index (χ1n) is 11.3. The predicted octanol–water partition coefficient (Wildman–Crippen LogP) is 2.40. The minimum atomic E-state index is 0.309. The van der Waals surface area contributed by atoms with E-state index in [1.807, 2.05) is 4.57 Å². The minimum Gasteiger partial charge on any atom is -0.468 e. The topological polar surface area (TPSA) is 94.6 Å². The van der Waals surface area contributed by atoms with Gasteiger partial charge in [0.25, 0.3) is 6.01 Å². The molecule has 0 atom stereocenters. The smallest absolute Gasteiger partial charge is 0.320 e. The molecule has 0 saturated carbocycles. The van der Waals surface area contributed by atoms with Crippen molar-refractivity contribution >= 4 is 17.0 Å². The molecule has 3 heterocycles. The van der Waals surface area contributed by atoms with E-state index in [9.17, 15) is 0 Å². The zero-order chi connectivity index (χ0) is 21.3. The van der Waals surface area contributed by atoms with Crippen molar-refractivity contribution in [3.05, 3.63) is 0 Å². The molecule has 1 aliphatic rings. The maximum absolute atomic E-state index is 6.11. The summed E-state index contributed by atoms with van der Waals surface area (Å²) in [6.45, 7) is 12.8. The number of rotatable bonds is 12. The molecule has 1 fully saturated rings. The highest BCUT2D eigenvalue weighted by Gasteiger charge is 2.18. The predicted molar refractivity (Wildman–Crippen MR) is 119 cm³/mol. The lowest BCUT2D eigenvalue weighted by Crippen LogP contribution is -2.46. The molecule has 0 spiro atoms. The van der Waals surface area contributed by atoms with E-state index in [0.29, 0.717) is 35.6 Å². The van der Waals surface area contributed by atoms with Crippen LogP contribution in [0, 0.1) is 0 Å². The van der Waals surface area contributed by atoms with Gasteiger partial charge in [0.05, 0.1) is 13.7 Å². The number of aromatic nitrogens is 4. The third-order valence-electron chi connectivity index (χ3n) is 5.75. The molecule has 0 bridgehead atoms. The van der Waals surface area contributed by atoms with Crippen LogP contribution in [0.4, 0.5) is 5.82 Å². The molecule has 3 rings (SSSR count). The van der Waals surface area contributed by atoms with E-state index < -0.39 is 0 Å². The molecular weight excluding hydrogens is 382 g/mol. The molecule has 2 N–H and O–H groups in total. The minimum absolute atomic E-state index is 0.309. The normalized spacial score (nSPS) is 15.7. The Morgan fingerprint density at radius 2 is 1.63 bits per heavy atom. The van der Waals surface area contributed by atoms with Gasteiger partial charge < -0.3 is 25.0 Å². The largest absolute Gasteiger partial charge is 0.468 e. The number of ether oxygens (including phenoxy) is 2. The summed E-state index contributed by atoms with van der Waals surface area (Å²) >= 11 is 0. The number of unbranched alkanes of at least 4 members (excludes halogenated alkanes) is 3. The van der Waals surface area contributed by atoms with Crippen molar-refractivity contribution in [1.29, 1.82) is 0 Å². The third kappa shape index (κ3) is 5.72. The number of hydrogen-bond acceptors (Lipinski definition) is 8. The van der Waals surface area contributed by atoms with Gasteiger partial charge in [-0.2, -0.15) is 15.0 Å². The SMILES string of the molecule is CCCCOc1nc(N)c2nc(OC)n(CCCCCN3CCN(CC)CC3)c2n1. The summed E-state index contributed by atoms with van der Waals surface area (Å²) in [5.74, 6) is 0.328. The summed E-state index contributed by atoms with van der Waals surface area (Å²) in [5.41, 5.74) is 7.36. The summed E-state index contributed by atoms with van der Waals surface area (Å²) in [6, 6.07) is 0.830. The first-order chi connectivity index (χ1) is 14.7. The highest BCUT2D eigenvalue weighted by Crippen LogP contribution is 2.26. The van der Waals surface area contributed by atoms with Crippen LogP contribution in [0.5, 0.6) is 12.0 Å². The van der Waals surface area contributed by atoms with E-state index in [2.05, 4.69) is 38.6 Å². The first kappa shape index (κ1) is 22.6. The van der Waals surface area contributed by atoms with E-state index in [0.717, 1.165) is 38.8 Å². The molecular formula is C21H37N7O2. The first-order valence-corrected chi connectivity index (χ1v) is 11.3. The fraction of sp³-hybridized carbons (Fsp3) is 0.762. The van der Waals surface area contributed by atoms with Crippen LogP contribution in [0.15, 0.2) is 0 Å². The summed E-state index contributed by atoms with van der Waals surface area (Å²) in [6.07, 6.45) is 5.39. The van der Waals surface area contributed by atoms with Crippen LogP contribution in [0.1, 0.15) is 46.0 Å². The van der Waals surface area contributed by atoms with E-state index in [4.69, 9.17) is 15.2 Å². The summed E-state index contributed by atoms with van der Waals surface area (Å²) in [5, 5.41) is 0. The lowest BCUT2D eigenvalue weighted by Gasteiger charge is -2.33. The van der Waals surface area contributed by atoms with Gasteiger partial charge in [0.15, 0.2) is 17.0 Å². The molecule has 0 aliphatic carbocycles. The molecule has 0 radical (unpaired) electrons. The van der Waals surface area contributed by atoms with Crippen molar-refractivity contribution in [2.45, 2.75) is 52.5 Å². The lowest BCUT2D eigenvalue weighted by atomic mass is 10.2. The van der Waals surface area contributed by atoms with Gasteiger partial charge in [0, 0.05) is 32.7 Å². The quantitative estimate of drug-likeness (QED) is 0.524. The van der Waals surface area contributed by atoms with Crippen molar-refractivity contribution in [2.75, 3.05) is 58.7 Å². The second-order valence-corrected chi connectivity index (χ2v) is 7.85. The highest BCUT2D eigenvalue weighted by atomic mass is 16.5. The Labute approximate surface area is 179 Å². The fourth-order valence-corrected chi connectivity index (χ4v) is 3.82. The van der Waals surface area contributed by atoms with Gasteiger partial charge >= 0.3 is 6.01 Å². The number of nitrogens with zero attached hydrogens (tertiary/aromatic N) is 6. The van der Waals surface area contributed by atoms with Gasteiger partial charge in [-0.1, -0.05) is 26.7 Å². The standard InChI is InChI=1S/C21H37N7O2/c1-4-6-16-30-20-24-18(22)17-19(25-20)28(21(23-17)29-3)11-9-7-8-10-27-14-12-26(5-2)13-15-27/h4-16H2,1-3H3,(H2,22,24,25). The number of imidazole rings is 1. The van der Waals surface area contributed by atoms with E-state index in [1.54, 1.807) is 7.11 Å². The molecule has 9 nitrogen and oxygen atoms in total. The van der Waals surface area contributed by atoms with Crippen LogP contribution in [-0.4, -0.2) is 82.3 Å². The molecule has 2 aromatic rings. The molecule has 2 aromatic heterocycles. The van der Waals surface area contributed by atoms with Crippen molar-refractivity contribution in [1.82, 2.24) is 29.3 Å². The Morgan fingerprint density at radius 3 is 2.33 bits per heavy atom. The van der Waals surface area contributed by atoms with E-state index in [-0.39, 0.29) is 0 Å². The van der Waals surface area contributed by atoms with Crippen LogP contribution in [-0.2, 0) is 6.54 Å². The Balaban J connectivity index is 1.55. The number of fused-ring (bicyclic) bond motifs is 1. The number of methoxy groups -OCH3 is 1. The summed E-state index contributed by atoms with van der Waals surface area (Å²) < 4.78 is 13.1. The van der Waals surface area contributed by atoms with Gasteiger partial charge in [-0.25, -0.2) is 0 Å². The Morgan fingerprint density at radius 1 is 0.900 bits per heavy atom. The van der Waals surface area contributed by atoms with Crippen LogP contribution >= 0.6 is 0 Å². The Kier molecular flexibility index (Phi) is 8.50. The molecule has 1 saturated heterocycles.